The van der Waals surface area contributed by atoms with Crippen molar-refractivity contribution in [2.75, 3.05) is 46.1 Å². The minimum absolute atomic E-state index is 0. The number of carbonyl (C=O) groups is 6. The molecule has 0 saturated carbocycles. The maximum Gasteiger partial charge on any atom is 1.00 e. The molecular formula is C33H53N4NaO19S. The number of epoxide rings is 1. The van der Waals surface area contributed by atoms with Gasteiger partial charge in [-0.1, -0.05) is 37.1 Å². The molecule has 0 bridgehead atoms. The summed E-state index contributed by atoms with van der Waals surface area (Å²) in [6.45, 7) is 5.93. The minimum Gasteiger partial charge on any atom is -0.750 e. The van der Waals surface area contributed by atoms with Crippen molar-refractivity contribution in [3.05, 3.63) is 47.5 Å². The van der Waals surface area contributed by atoms with Gasteiger partial charge in [-0.3, -0.25) is 9.59 Å². The largest absolute Gasteiger partial charge is 1.00 e. The van der Waals surface area contributed by atoms with Crippen LogP contribution >= 0.6 is 0 Å². The van der Waals surface area contributed by atoms with Crippen molar-refractivity contribution < 1.29 is 121 Å². The molecule has 25 heteroatoms. The molecule has 58 heavy (non-hydrogen) atoms. The molecular weight excluding hydrogens is 811 g/mol. The number of fused-ring (bicyclic) bond motifs is 1. The fourth-order valence-corrected chi connectivity index (χ4v) is 2.66. The maximum atomic E-state index is 10.8. The molecule has 2 atom stereocenters. The van der Waals surface area contributed by atoms with Gasteiger partial charge in [-0.25, -0.2) is 38.2 Å². The standard InChI is InChI=1S/C8H12N2O2.C8H4O3.C6H10O4.C4H8O2.C3H6O.C2H6O2.CH4N2O.CH2O.Na.H2O3S/c11-7-9-5-3-1-2-4-6-10-8-12;9-7-5-3-1-2-4-6(5)8(10)11-7;7-5(8)3-1-2-4-6(9)10;5-3-1-2-4-6;1-3-2-4-3;3-1-2-4;2-1(3)4;1-2;;1-4(2)3/h1-6H2;1-4H;1-4H2,(H,7,8)(H,9,10);1-2,5-6H,3-4H2;3H,2H2,1H3;3-4H,1-2H2;(H4,2,3,4);1H2;;(H2,1,2,3)/q;;;;;;;;+1;/p-1/b;;;2-1+;;;;;;/t;;;;3-;;;;;/m....1...../s1. The number of unbranched alkanes of at least 4 members (excludes halogenated alkanes) is 4. The van der Waals surface area contributed by atoms with Gasteiger partial charge in [-0.15, -0.1) is 0 Å². The van der Waals surface area contributed by atoms with E-state index in [0.29, 0.717) is 43.2 Å². The third-order valence-electron chi connectivity index (χ3n) is 4.98. The van der Waals surface area contributed by atoms with E-state index in [-0.39, 0.29) is 68.8 Å². The van der Waals surface area contributed by atoms with E-state index in [0.717, 1.165) is 32.3 Å². The van der Waals surface area contributed by atoms with Crippen LogP contribution in [0.5, 0.6) is 0 Å². The third kappa shape index (κ3) is 76.4. The average molecular weight is 865 g/mol. The Morgan fingerprint density at radius 1 is 0.828 bits per heavy atom. The fraction of sp³-hybridized carbons (Fsp3) is 0.515. The van der Waals surface area contributed by atoms with Crippen LogP contribution in [-0.4, -0.2) is 145 Å². The van der Waals surface area contributed by atoms with E-state index in [2.05, 4.69) is 33.1 Å². The van der Waals surface area contributed by atoms with Gasteiger partial charge in [0.15, 0.2) is 0 Å². The van der Waals surface area contributed by atoms with Crippen molar-refractivity contribution in [2.24, 2.45) is 21.5 Å². The van der Waals surface area contributed by atoms with Crippen molar-refractivity contribution in [3.8, 4) is 0 Å². The molecule has 0 aromatic heterocycles. The summed E-state index contributed by atoms with van der Waals surface area (Å²) >= 11 is -2.86. The zero-order valence-electron chi connectivity index (χ0n) is 32.3. The number of aliphatic imine (C=N–C) groups is 2. The molecule has 0 aliphatic carbocycles. The van der Waals surface area contributed by atoms with Crippen molar-refractivity contribution in [1.82, 2.24) is 0 Å². The number of benzene rings is 1. The molecule has 2 heterocycles. The normalized spacial score (nSPS) is 11.9. The van der Waals surface area contributed by atoms with Gasteiger partial charge in [0.05, 0.1) is 74.7 Å². The van der Waals surface area contributed by atoms with E-state index < -0.39 is 41.3 Å². The van der Waals surface area contributed by atoms with E-state index in [4.69, 9.17) is 58.3 Å². The number of esters is 2. The number of nitrogens with zero attached hydrogens (tertiary/aromatic N) is 2. The molecule has 0 radical (unpaired) electrons. The number of aliphatic carboxylic acids is 2. The smallest absolute Gasteiger partial charge is 0.750 e. The second-order valence-electron chi connectivity index (χ2n) is 9.62. The summed E-state index contributed by atoms with van der Waals surface area (Å²) < 4.78 is 33.1. The number of ether oxygens (including phenoxy) is 2. The van der Waals surface area contributed by atoms with E-state index in [1.807, 2.05) is 6.79 Å². The molecule has 3 rings (SSSR count). The Balaban J connectivity index is -0.000000106. The number of isocyanates is 2. The van der Waals surface area contributed by atoms with Gasteiger partial charge in [0.25, 0.3) is 0 Å². The fourth-order valence-electron chi connectivity index (χ4n) is 2.66. The van der Waals surface area contributed by atoms with Crippen LogP contribution in [0.15, 0.2) is 46.4 Å². The van der Waals surface area contributed by atoms with E-state index in [9.17, 15) is 28.8 Å². The average Bonchev–Trinajstić information content (AvgIpc) is 3.90. The third-order valence-corrected chi connectivity index (χ3v) is 4.98. The molecule has 11 N–H and O–H groups in total. The summed E-state index contributed by atoms with van der Waals surface area (Å²) in [7, 11) is 0. The number of amides is 2. The molecule has 1 aromatic rings. The first kappa shape index (κ1) is 68.3. The molecule has 1 unspecified atom stereocenters. The van der Waals surface area contributed by atoms with Gasteiger partial charge in [-0.05, 0) is 44.7 Å². The van der Waals surface area contributed by atoms with Gasteiger partial charge in [-0.2, -0.15) is 0 Å². The van der Waals surface area contributed by atoms with E-state index in [1.54, 1.807) is 24.3 Å². The quantitative estimate of drug-likeness (QED) is 0.00977. The van der Waals surface area contributed by atoms with Gasteiger partial charge in [0.2, 0.25) is 12.2 Å². The number of hydrogen-bond donors (Lipinski definition) is 9. The first-order valence-corrected chi connectivity index (χ1v) is 17.2. The molecule has 1 aromatic carbocycles. The number of aliphatic hydroxyl groups is 4. The first-order chi connectivity index (χ1) is 27.0. The Morgan fingerprint density at radius 3 is 1.33 bits per heavy atom. The topological polar surface area (TPSA) is 417 Å². The van der Waals surface area contributed by atoms with Gasteiger partial charge in [0.1, 0.15) is 6.79 Å². The van der Waals surface area contributed by atoms with Crippen LogP contribution < -0.4 is 41.0 Å². The Bertz CT molecular complexity index is 1240. The SMILES string of the molecule is C=O.C[C@@H]1CO1.NC(N)=O.O=C(O)CCCCC(=O)O.O=C1OC(=O)c2ccccc21.O=C=NCCCCCCN=C=O.O=S([O-])O.OC/C=C/CO.OCCO.[Na+]. The van der Waals surface area contributed by atoms with Crippen LogP contribution in [0.4, 0.5) is 4.79 Å². The molecule has 2 aliphatic rings. The second-order valence-corrected chi connectivity index (χ2v) is 10.1. The summed E-state index contributed by atoms with van der Waals surface area (Å²) in [5, 5.41) is 47.5. The summed E-state index contributed by atoms with van der Waals surface area (Å²) in [6.07, 6.45) is 11.4. The molecule has 1 fully saturated rings. The number of urea groups is 1. The van der Waals surface area contributed by atoms with Crippen molar-refractivity contribution in [2.45, 2.75) is 64.4 Å². The Hall–Kier alpha value is -4.39. The first-order valence-electron chi connectivity index (χ1n) is 16.2. The number of aliphatic hydroxyl groups excluding tert-OH is 4. The summed E-state index contributed by atoms with van der Waals surface area (Å²) in [4.78, 5) is 84.5. The van der Waals surface area contributed by atoms with Crippen LogP contribution in [0.25, 0.3) is 0 Å². The minimum atomic E-state index is -2.86. The molecule has 23 nitrogen and oxygen atoms in total. The van der Waals surface area contributed by atoms with Crippen molar-refractivity contribution in [3.63, 3.8) is 0 Å². The Morgan fingerprint density at radius 2 is 1.12 bits per heavy atom. The predicted molar refractivity (Wildman–Crippen MR) is 200 cm³/mol. The van der Waals surface area contributed by atoms with Crippen molar-refractivity contribution >= 4 is 60.2 Å². The van der Waals surface area contributed by atoms with E-state index in [1.165, 1.54) is 24.3 Å². The van der Waals surface area contributed by atoms with E-state index >= 15 is 0 Å². The number of nitrogens with two attached hydrogens (primary N) is 2. The predicted octanol–water partition coefficient (Wildman–Crippen LogP) is -2.98. The van der Waals surface area contributed by atoms with Crippen LogP contribution in [-0.2, 0) is 44.8 Å². The zero-order chi connectivity index (χ0) is 45.3. The Kier molecular flexibility index (Phi) is 67.0. The van der Waals surface area contributed by atoms with Crippen LogP contribution in [0.3, 0.4) is 0 Å². The second kappa shape index (κ2) is 56.9. The Labute approximate surface area is 359 Å². The number of rotatable bonds is 15. The van der Waals surface area contributed by atoms with Crippen molar-refractivity contribution in [1.29, 1.82) is 0 Å². The molecule has 326 valence electrons. The number of primary amides is 2. The number of carbonyl (C=O) groups excluding carboxylic acids is 6. The summed E-state index contributed by atoms with van der Waals surface area (Å²) in [5.74, 6) is -2.84. The number of hydrogen-bond acceptors (Lipinski definition) is 18. The number of carboxylic acid groups (broad SMARTS) is 2. The summed E-state index contributed by atoms with van der Waals surface area (Å²) in [5.41, 5.74) is 9.22. The molecule has 1 saturated heterocycles. The summed E-state index contributed by atoms with van der Waals surface area (Å²) in [6, 6.07) is 5.70. The van der Waals surface area contributed by atoms with Crippen LogP contribution in [0.2, 0.25) is 0 Å². The number of carboxylic acids is 2. The monoisotopic (exact) mass is 864 g/mol. The number of cyclic esters (lactones) is 2. The van der Waals surface area contributed by atoms with Crippen LogP contribution in [0.1, 0.15) is 79.0 Å². The van der Waals surface area contributed by atoms with Crippen LogP contribution in [0, 0.1) is 0 Å². The molecule has 2 aliphatic heterocycles. The zero-order valence-corrected chi connectivity index (χ0v) is 35.2. The van der Waals surface area contributed by atoms with Gasteiger partial charge in [0, 0.05) is 12.8 Å². The maximum absolute atomic E-state index is 10.8. The molecule has 2 amide bonds. The van der Waals surface area contributed by atoms with Gasteiger partial charge >= 0.3 is 59.5 Å². The van der Waals surface area contributed by atoms with Gasteiger partial charge < -0.3 is 65.5 Å². The molecule has 0 spiro atoms.